The Hall–Kier alpha value is -0.120. The molecule has 1 aliphatic carbocycles. The first-order valence-corrected chi connectivity index (χ1v) is 7.40. The van der Waals surface area contributed by atoms with E-state index in [1.165, 1.54) is 44.9 Å². The fourth-order valence-electron chi connectivity index (χ4n) is 3.90. The summed E-state index contributed by atoms with van der Waals surface area (Å²) < 4.78 is 5.47. The molecule has 1 saturated heterocycles. The zero-order valence-electron chi connectivity index (χ0n) is 11.2. The van der Waals surface area contributed by atoms with E-state index in [1.54, 1.807) is 0 Å². The zero-order chi connectivity index (χ0) is 12.1. The smallest absolute Gasteiger partial charge is 0.0469 e. The molecular weight excluding hydrogens is 212 g/mol. The van der Waals surface area contributed by atoms with E-state index in [-0.39, 0.29) is 0 Å². The summed E-state index contributed by atoms with van der Waals surface area (Å²) in [5.41, 5.74) is 3.15. The number of hydrogen-bond acceptors (Lipinski definition) is 3. The van der Waals surface area contributed by atoms with Crippen molar-refractivity contribution in [3.05, 3.63) is 0 Å². The Bertz CT molecular complexity index is 216. The van der Waals surface area contributed by atoms with Gasteiger partial charge in [0.25, 0.3) is 0 Å². The lowest BCUT2D eigenvalue weighted by atomic mass is 9.70. The van der Waals surface area contributed by atoms with Crippen LogP contribution in [0.15, 0.2) is 0 Å². The molecule has 1 heterocycles. The summed E-state index contributed by atoms with van der Waals surface area (Å²) in [6, 6.07) is 0.518. The van der Waals surface area contributed by atoms with Crippen LogP contribution in [0.2, 0.25) is 0 Å². The van der Waals surface area contributed by atoms with Crippen LogP contribution in [0.5, 0.6) is 0 Å². The van der Waals surface area contributed by atoms with E-state index < -0.39 is 0 Å². The second-order valence-corrected chi connectivity index (χ2v) is 5.76. The van der Waals surface area contributed by atoms with E-state index in [0.29, 0.717) is 6.04 Å². The van der Waals surface area contributed by atoms with Crippen molar-refractivity contribution in [2.75, 3.05) is 13.2 Å². The Kier molecular flexibility index (Phi) is 5.26. The molecule has 3 heteroatoms. The fraction of sp³-hybridized carbons (Fsp3) is 1.00. The molecule has 0 radical (unpaired) electrons. The molecule has 0 spiro atoms. The van der Waals surface area contributed by atoms with Crippen molar-refractivity contribution in [3.8, 4) is 0 Å². The Balaban J connectivity index is 1.99. The fourth-order valence-corrected chi connectivity index (χ4v) is 3.90. The van der Waals surface area contributed by atoms with Gasteiger partial charge in [-0.3, -0.25) is 11.3 Å². The van der Waals surface area contributed by atoms with Crippen LogP contribution in [0.3, 0.4) is 0 Å². The van der Waals surface area contributed by atoms with Gasteiger partial charge in [-0.05, 0) is 37.0 Å². The Morgan fingerprint density at radius 2 is 1.88 bits per heavy atom. The highest BCUT2D eigenvalue weighted by molar-refractivity contribution is 4.88. The SMILES string of the molecule is CCC1CCCCC1C(NN)C1CCOCC1. The zero-order valence-corrected chi connectivity index (χ0v) is 11.2. The van der Waals surface area contributed by atoms with Crippen molar-refractivity contribution >= 4 is 0 Å². The maximum Gasteiger partial charge on any atom is 0.0469 e. The van der Waals surface area contributed by atoms with Gasteiger partial charge in [-0.2, -0.15) is 0 Å². The molecule has 100 valence electrons. The summed E-state index contributed by atoms with van der Waals surface area (Å²) in [4.78, 5) is 0. The van der Waals surface area contributed by atoms with Crippen LogP contribution in [0.1, 0.15) is 51.9 Å². The third kappa shape index (κ3) is 3.21. The number of ether oxygens (including phenoxy) is 1. The third-order valence-corrected chi connectivity index (χ3v) is 4.92. The Morgan fingerprint density at radius 3 is 2.53 bits per heavy atom. The molecule has 3 N–H and O–H groups in total. The molecule has 0 aromatic heterocycles. The van der Waals surface area contributed by atoms with Crippen LogP contribution in [0, 0.1) is 17.8 Å². The van der Waals surface area contributed by atoms with Gasteiger partial charge in [0.2, 0.25) is 0 Å². The standard InChI is InChI=1S/C14H28N2O/c1-2-11-5-3-4-6-13(11)14(16-15)12-7-9-17-10-8-12/h11-14,16H,2-10,15H2,1H3. The summed E-state index contributed by atoms with van der Waals surface area (Å²) in [6.07, 6.45) is 9.26. The summed E-state index contributed by atoms with van der Waals surface area (Å²) in [6.45, 7) is 4.18. The number of nitrogens with two attached hydrogens (primary N) is 1. The minimum atomic E-state index is 0.518. The van der Waals surface area contributed by atoms with Gasteiger partial charge >= 0.3 is 0 Å². The average Bonchev–Trinajstić information content (AvgIpc) is 2.41. The summed E-state index contributed by atoms with van der Waals surface area (Å²) in [5, 5.41) is 0. The number of rotatable bonds is 4. The Labute approximate surface area is 105 Å². The van der Waals surface area contributed by atoms with Gasteiger partial charge in [-0.15, -0.1) is 0 Å². The summed E-state index contributed by atoms with van der Waals surface area (Å²) in [5.74, 6) is 8.26. The van der Waals surface area contributed by atoms with E-state index in [9.17, 15) is 0 Å². The molecule has 1 aliphatic heterocycles. The highest BCUT2D eigenvalue weighted by Crippen LogP contribution is 2.38. The van der Waals surface area contributed by atoms with E-state index in [0.717, 1.165) is 31.0 Å². The predicted octanol–water partition coefficient (Wildman–Crippen LogP) is 2.46. The van der Waals surface area contributed by atoms with Crippen LogP contribution in [-0.4, -0.2) is 19.3 Å². The molecular formula is C14H28N2O. The van der Waals surface area contributed by atoms with Gasteiger partial charge in [0.05, 0.1) is 0 Å². The molecule has 0 bridgehead atoms. The second kappa shape index (κ2) is 6.72. The second-order valence-electron chi connectivity index (χ2n) is 5.76. The van der Waals surface area contributed by atoms with Crippen molar-refractivity contribution in [1.29, 1.82) is 0 Å². The molecule has 0 aromatic carbocycles. The first-order valence-electron chi connectivity index (χ1n) is 7.40. The van der Waals surface area contributed by atoms with Crippen LogP contribution in [0.4, 0.5) is 0 Å². The molecule has 1 saturated carbocycles. The first-order chi connectivity index (χ1) is 8.36. The monoisotopic (exact) mass is 240 g/mol. The Morgan fingerprint density at radius 1 is 1.18 bits per heavy atom. The van der Waals surface area contributed by atoms with Crippen molar-refractivity contribution < 1.29 is 4.74 Å². The van der Waals surface area contributed by atoms with Crippen molar-refractivity contribution in [2.45, 2.75) is 57.9 Å². The quantitative estimate of drug-likeness (QED) is 0.586. The molecule has 0 amide bonds. The molecule has 2 rings (SSSR count). The lowest BCUT2D eigenvalue weighted by Crippen LogP contribution is -2.50. The van der Waals surface area contributed by atoms with Gasteiger partial charge in [-0.25, -0.2) is 0 Å². The third-order valence-electron chi connectivity index (χ3n) is 4.92. The molecule has 3 nitrogen and oxygen atoms in total. The van der Waals surface area contributed by atoms with Gasteiger partial charge in [0.15, 0.2) is 0 Å². The maximum atomic E-state index is 5.86. The van der Waals surface area contributed by atoms with Crippen molar-refractivity contribution in [2.24, 2.45) is 23.6 Å². The largest absolute Gasteiger partial charge is 0.381 e. The normalized spacial score (nSPS) is 33.5. The number of hydrazine groups is 1. The van der Waals surface area contributed by atoms with E-state index in [4.69, 9.17) is 10.6 Å². The maximum absolute atomic E-state index is 5.86. The van der Waals surface area contributed by atoms with E-state index in [2.05, 4.69) is 12.3 Å². The average molecular weight is 240 g/mol. The topological polar surface area (TPSA) is 47.3 Å². The van der Waals surface area contributed by atoms with Crippen LogP contribution < -0.4 is 11.3 Å². The summed E-state index contributed by atoms with van der Waals surface area (Å²) in [7, 11) is 0. The first kappa shape index (κ1) is 13.3. The molecule has 3 atom stereocenters. The van der Waals surface area contributed by atoms with Crippen molar-refractivity contribution in [1.82, 2.24) is 5.43 Å². The van der Waals surface area contributed by atoms with E-state index >= 15 is 0 Å². The molecule has 2 fully saturated rings. The van der Waals surface area contributed by atoms with Gasteiger partial charge in [0, 0.05) is 19.3 Å². The molecule has 0 aromatic rings. The lowest BCUT2D eigenvalue weighted by molar-refractivity contribution is 0.0308. The van der Waals surface area contributed by atoms with Crippen LogP contribution in [-0.2, 0) is 4.74 Å². The lowest BCUT2D eigenvalue weighted by Gasteiger charge is -2.41. The van der Waals surface area contributed by atoms with Gasteiger partial charge in [-0.1, -0.05) is 32.6 Å². The minimum absolute atomic E-state index is 0.518. The number of hydrogen-bond donors (Lipinski definition) is 2. The molecule has 17 heavy (non-hydrogen) atoms. The highest BCUT2D eigenvalue weighted by Gasteiger charge is 2.35. The van der Waals surface area contributed by atoms with Gasteiger partial charge in [0.1, 0.15) is 0 Å². The molecule has 3 unspecified atom stereocenters. The van der Waals surface area contributed by atoms with E-state index in [1.807, 2.05) is 0 Å². The van der Waals surface area contributed by atoms with Crippen molar-refractivity contribution in [3.63, 3.8) is 0 Å². The minimum Gasteiger partial charge on any atom is -0.381 e. The van der Waals surface area contributed by atoms with Crippen LogP contribution in [0.25, 0.3) is 0 Å². The molecule has 2 aliphatic rings. The van der Waals surface area contributed by atoms with Gasteiger partial charge < -0.3 is 4.74 Å². The number of nitrogens with one attached hydrogen (secondary N) is 1. The summed E-state index contributed by atoms with van der Waals surface area (Å²) >= 11 is 0. The van der Waals surface area contributed by atoms with Crippen LogP contribution >= 0.6 is 0 Å². The highest BCUT2D eigenvalue weighted by atomic mass is 16.5. The predicted molar refractivity (Wildman–Crippen MR) is 70.4 cm³/mol.